The minimum Gasteiger partial charge on any atom is -0.464 e. The Labute approximate surface area is 193 Å². The molecule has 0 spiro atoms. The molecule has 1 saturated carbocycles. The first kappa shape index (κ1) is 21.5. The van der Waals surface area contributed by atoms with E-state index in [0.717, 1.165) is 46.5 Å². The van der Waals surface area contributed by atoms with Gasteiger partial charge in [-0.25, -0.2) is 4.98 Å². The van der Waals surface area contributed by atoms with Crippen LogP contribution in [0.4, 0.5) is 11.8 Å². The second-order valence-corrected chi connectivity index (χ2v) is 9.11. The fraction of sp³-hybridized carbons (Fsp3) is 0.400. The van der Waals surface area contributed by atoms with Gasteiger partial charge < -0.3 is 20.8 Å². The van der Waals surface area contributed by atoms with Gasteiger partial charge in [0.2, 0.25) is 5.95 Å². The highest BCUT2D eigenvalue weighted by molar-refractivity contribution is 5.88. The second kappa shape index (κ2) is 9.23. The lowest BCUT2D eigenvalue weighted by molar-refractivity contribution is 0.402. The molecular formula is C25H31N7O. The summed E-state index contributed by atoms with van der Waals surface area (Å²) in [5, 5.41) is 14.7. The van der Waals surface area contributed by atoms with E-state index in [1.165, 1.54) is 12.8 Å². The minimum atomic E-state index is 0.121. The van der Waals surface area contributed by atoms with E-state index in [2.05, 4.69) is 58.9 Å². The van der Waals surface area contributed by atoms with E-state index in [-0.39, 0.29) is 18.0 Å². The molecular weight excluding hydrogens is 414 g/mol. The van der Waals surface area contributed by atoms with Crippen LogP contribution in [-0.4, -0.2) is 32.2 Å². The normalized spacial score (nSPS) is 18.7. The summed E-state index contributed by atoms with van der Waals surface area (Å²) in [6, 6.07) is 12.5. The van der Waals surface area contributed by atoms with Gasteiger partial charge in [0.1, 0.15) is 11.3 Å². The molecule has 0 bridgehead atoms. The summed E-state index contributed by atoms with van der Waals surface area (Å²) in [6.45, 7) is 4.89. The van der Waals surface area contributed by atoms with Gasteiger partial charge in [-0.2, -0.15) is 10.1 Å². The van der Waals surface area contributed by atoms with E-state index in [1.807, 2.05) is 12.1 Å². The third-order valence-electron chi connectivity index (χ3n) is 6.36. The Bertz CT molecular complexity index is 1200. The van der Waals surface area contributed by atoms with Crippen LogP contribution in [0.3, 0.4) is 0 Å². The van der Waals surface area contributed by atoms with Gasteiger partial charge in [0.25, 0.3) is 0 Å². The smallest absolute Gasteiger partial charge is 0.225 e. The predicted molar refractivity (Wildman–Crippen MR) is 131 cm³/mol. The van der Waals surface area contributed by atoms with E-state index >= 15 is 0 Å². The Morgan fingerprint density at radius 1 is 1.09 bits per heavy atom. The van der Waals surface area contributed by atoms with Crippen LogP contribution in [0.25, 0.3) is 22.4 Å². The maximum absolute atomic E-state index is 6.36. The molecule has 3 heterocycles. The van der Waals surface area contributed by atoms with Gasteiger partial charge in [-0.05, 0) is 36.5 Å². The molecule has 33 heavy (non-hydrogen) atoms. The van der Waals surface area contributed by atoms with Gasteiger partial charge in [0.15, 0.2) is 11.3 Å². The molecule has 0 saturated heterocycles. The standard InChI is InChI=1S/C25H31N7O/c1-15(2)21-22-23(32-31-21)24(30-25(29-22)28-19-7-4-3-6-18(19)26)27-14-16-9-11-17(12-10-16)20-8-5-13-33-20/h5,8-13,15,18-19H,3-4,6-7,14,26H2,1-2H3,(H,31,32)(H2,27,28,29,30)/t18-,19-/m0/s1. The number of nitrogens with zero attached hydrogens (tertiary/aromatic N) is 3. The number of aromatic nitrogens is 4. The number of H-pyrrole nitrogens is 1. The third kappa shape index (κ3) is 4.57. The first-order valence-corrected chi connectivity index (χ1v) is 11.7. The van der Waals surface area contributed by atoms with Crippen molar-refractivity contribution in [3.63, 3.8) is 0 Å². The summed E-state index contributed by atoms with van der Waals surface area (Å²) in [4.78, 5) is 9.61. The fourth-order valence-corrected chi connectivity index (χ4v) is 4.43. The number of nitrogens with two attached hydrogens (primary N) is 1. The highest BCUT2D eigenvalue weighted by Gasteiger charge is 2.24. The Hall–Kier alpha value is -3.39. The molecule has 172 valence electrons. The van der Waals surface area contributed by atoms with Crippen molar-refractivity contribution >= 4 is 22.8 Å². The summed E-state index contributed by atoms with van der Waals surface area (Å²) in [7, 11) is 0. The van der Waals surface area contributed by atoms with E-state index in [9.17, 15) is 0 Å². The van der Waals surface area contributed by atoms with E-state index in [0.29, 0.717) is 18.3 Å². The zero-order chi connectivity index (χ0) is 22.8. The van der Waals surface area contributed by atoms with Crippen LogP contribution in [0.15, 0.2) is 47.1 Å². The van der Waals surface area contributed by atoms with Crippen molar-refractivity contribution in [2.45, 2.75) is 64.1 Å². The lowest BCUT2D eigenvalue weighted by atomic mass is 9.91. The van der Waals surface area contributed by atoms with Gasteiger partial charge in [-0.15, -0.1) is 0 Å². The van der Waals surface area contributed by atoms with E-state index in [1.54, 1.807) is 6.26 Å². The van der Waals surface area contributed by atoms with Gasteiger partial charge in [-0.3, -0.25) is 5.10 Å². The van der Waals surface area contributed by atoms with Crippen LogP contribution in [0, 0.1) is 0 Å². The molecule has 0 amide bonds. The second-order valence-electron chi connectivity index (χ2n) is 9.11. The lowest BCUT2D eigenvalue weighted by Crippen LogP contribution is -2.43. The van der Waals surface area contributed by atoms with Crippen molar-refractivity contribution in [3.8, 4) is 11.3 Å². The Kier molecular flexibility index (Phi) is 6.00. The number of hydrogen-bond donors (Lipinski definition) is 4. The average Bonchev–Trinajstić information content (AvgIpc) is 3.50. The van der Waals surface area contributed by atoms with Gasteiger partial charge in [0.05, 0.1) is 12.0 Å². The molecule has 5 N–H and O–H groups in total. The average molecular weight is 446 g/mol. The largest absolute Gasteiger partial charge is 0.464 e. The topological polar surface area (TPSA) is 118 Å². The molecule has 1 aromatic carbocycles. The summed E-state index contributed by atoms with van der Waals surface area (Å²) in [5.74, 6) is 2.45. The predicted octanol–water partition coefficient (Wildman–Crippen LogP) is 5.03. The number of hydrogen-bond acceptors (Lipinski definition) is 7. The maximum atomic E-state index is 6.36. The Morgan fingerprint density at radius 2 is 1.91 bits per heavy atom. The summed E-state index contributed by atoms with van der Waals surface area (Å²) in [5.41, 5.74) is 11.2. The number of nitrogens with one attached hydrogen (secondary N) is 3. The van der Waals surface area contributed by atoms with Crippen molar-refractivity contribution in [1.82, 2.24) is 20.2 Å². The molecule has 8 nitrogen and oxygen atoms in total. The molecule has 1 aliphatic rings. The van der Waals surface area contributed by atoms with Crippen molar-refractivity contribution in [2.75, 3.05) is 10.6 Å². The first-order valence-electron chi connectivity index (χ1n) is 11.7. The van der Waals surface area contributed by atoms with Crippen molar-refractivity contribution < 1.29 is 4.42 Å². The van der Waals surface area contributed by atoms with Crippen LogP contribution in [0.2, 0.25) is 0 Å². The SMILES string of the molecule is CC(C)c1[nH]nc2c(NCc3ccc(-c4ccco4)cc3)nc(N[C@H]3CCCC[C@@H]3N)nc12. The summed E-state index contributed by atoms with van der Waals surface area (Å²) in [6.07, 6.45) is 6.11. The van der Waals surface area contributed by atoms with Crippen molar-refractivity contribution in [2.24, 2.45) is 5.73 Å². The van der Waals surface area contributed by atoms with Crippen molar-refractivity contribution in [3.05, 3.63) is 53.9 Å². The van der Waals surface area contributed by atoms with Crippen LogP contribution >= 0.6 is 0 Å². The first-order chi connectivity index (χ1) is 16.1. The van der Waals surface area contributed by atoms with Crippen molar-refractivity contribution in [1.29, 1.82) is 0 Å². The quantitative estimate of drug-likeness (QED) is 0.315. The van der Waals surface area contributed by atoms with Crippen LogP contribution in [0.5, 0.6) is 0 Å². The number of rotatable bonds is 7. The van der Waals surface area contributed by atoms with Gasteiger partial charge in [-0.1, -0.05) is 51.0 Å². The minimum absolute atomic E-state index is 0.121. The Morgan fingerprint density at radius 3 is 2.64 bits per heavy atom. The number of benzene rings is 1. The van der Waals surface area contributed by atoms with Crippen LogP contribution < -0.4 is 16.4 Å². The summed E-state index contributed by atoms with van der Waals surface area (Å²) >= 11 is 0. The summed E-state index contributed by atoms with van der Waals surface area (Å²) < 4.78 is 5.48. The monoisotopic (exact) mass is 445 g/mol. The third-order valence-corrected chi connectivity index (χ3v) is 6.36. The molecule has 1 fully saturated rings. The zero-order valence-corrected chi connectivity index (χ0v) is 19.1. The number of anilines is 2. The highest BCUT2D eigenvalue weighted by atomic mass is 16.3. The molecule has 4 aromatic rings. The van der Waals surface area contributed by atoms with E-state index in [4.69, 9.17) is 20.1 Å². The van der Waals surface area contributed by atoms with Crippen LogP contribution in [-0.2, 0) is 6.54 Å². The molecule has 2 atom stereocenters. The van der Waals surface area contributed by atoms with Gasteiger partial charge >= 0.3 is 0 Å². The maximum Gasteiger partial charge on any atom is 0.225 e. The van der Waals surface area contributed by atoms with Gasteiger partial charge in [0, 0.05) is 24.2 Å². The Balaban J connectivity index is 1.40. The van der Waals surface area contributed by atoms with Crippen LogP contribution in [0.1, 0.15) is 56.7 Å². The zero-order valence-electron chi connectivity index (χ0n) is 19.1. The molecule has 8 heteroatoms. The number of aromatic amines is 1. The molecule has 1 aliphatic carbocycles. The molecule has 0 radical (unpaired) electrons. The number of furan rings is 1. The molecule has 0 unspecified atom stereocenters. The molecule has 5 rings (SSSR count). The molecule has 0 aliphatic heterocycles. The van der Waals surface area contributed by atoms with E-state index < -0.39 is 0 Å². The molecule has 3 aromatic heterocycles. The highest BCUT2D eigenvalue weighted by Crippen LogP contribution is 2.28. The number of fused-ring (bicyclic) bond motifs is 1. The lowest BCUT2D eigenvalue weighted by Gasteiger charge is -2.29. The fourth-order valence-electron chi connectivity index (χ4n) is 4.43.